The normalized spacial score (nSPS) is 20.3. The van der Waals surface area contributed by atoms with Crippen LogP contribution in [0.5, 0.6) is 0 Å². The first-order chi connectivity index (χ1) is 35.9. The summed E-state index contributed by atoms with van der Waals surface area (Å²) in [7, 11) is 5.95. The fourth-order valence-corrected chi connectivity index (χ4v) is 9.87. The van der Waals surface area contributed by atoms with Crippen molar-refractivity contribution in [3.8, 4) is 12.1 Å². The number of carbonyl (C=O) groups is 2. The molecule has 1 N–H and O–H groups in total. The lowest BCUT2D eigenvalue weighted by molar-refractivity contribution is -0.132. The van der Waals surface area contributed by atoms with E-state index in [1.165, 1.54) is 18.9 Å². The highest BCUT2D eigenvalue weighted by Gasteiger charge is 2.35. The van der Waals surface area contributed by atoms with E-state index in [1.54, 1.807) is 53.4 Å². The Morgan fingerprint density at radius 3 is 1.56 bits per heavy atom. The molecule has 8 aromatic rings. The standard InChI is InChI=1S/C19H20N6O2.C16H19N5O2.C10H17N3O.C6H3ClN2O.ClH/c1-12-3-6-25(19-17-14(5-8-27-17)21-11-23-19)9-15(12)24(2)18-16-13(4-7-26-16)20-10-22-18;1-11-4-7-21(14(22)3-6-17)9-13(11)20(2)16-15-12(5-8-23-15)18-10-19-16;1-8-4-6-13(7-9(8)12-2)10(14)3-5-11;7-6-5-4(1-2-10-5)8-3-9-6;/h4-5,7-8,10-12,15H,3,6,9H2,1-2H3;5,8,10-11,13H,3-4,7,9H2,1-2H3;8-9,12H,3-4,6-7H2,1-2H3;1-3H;1H/t12-,15+;11-,13+;8-,9+;;/m111../s1. The summed E-state index contributed by atoms with van der Waals surface area (Å²) in [5.41, 5.74) is 5.81. The van der Waals surface area contributed by atoms with Crippen LogP contribution < -0.4 is 20.0 Å². The van der Waals surface area contributed by atoms with Crippen LogP contribution in [-0.4, -0.2) is 140 Å². The van der Waals surface area contributed by atoms with Crippen molar-refractivity contribution in [1.29, 1.82) is 10.5 Å². The second kappa shape index (κ2) is 25.5. The summed E-state index contributed by atoms with van der Waals surface area (Å²) in [6.45, 7) is 11.2. The molecule has 0 aliphatic carbocycles. The van der Waals surface area contributed by atoms with Gasteiger partial charge in [0.2, 0.25) is 11.8 Å². The Morgan fingerprint density at radius 2 is 1.04 bits per heavy atom. The third kappa shape index (κ3) is 12.7. The van der Waals surface area contributed by atoms with Crippen LogP contribution >= 0.6 is 24.0 Å². The minimum absolute atomic E-state index is 0. The van der Waals surface area contributed by atoms with Gasteiger partial charge in [-0.3, -0.25) is 9.59 Å². The molecule has 0 radical (unpaired) electrons. The molecule has 0 spiro atoms. The zero-order chi connectivity index (χ0) is 52.3. The average Bonchev–Trinajstić information content (AvgIpc) is 4.28. The fraction of sp³-hybridized carbons (Fsp3) is 0.451. The number of furan rings is 4. The van der Waals surface area contributed by atoms with Crippen LogP contribution in [0.2, 0.25) is 5.15 Å². The minimum atomic E-state index is -0.108. The summed E-state index contributed by atoms with van der Waals surface area (Å²) >= 11 is 5.65. The summed E-state index contributed by atoms with van der Waals surface area (Å²) in [5, 5.41) is 20.7. The quantitative estimate of drug-likeness (QED) is 0.144. The van der Waals surface area contributed by atoms with Gasteiger partial charge in [0.25, 0.3) is 0 Å². The summed E-state index contributed by atoms with van der Waals surface area (Å²) in [6, 6.07) is 11.8. The number of hydrogen-bond donors (Lipinski definition) is 1. The molecular formula is C51H60Cl2N16O6. The maximum absolute atomic E-state index is 12.0. The van der Waals surface area contributed by atoms with E-state index >= 15 is 0 Å². The van der Waals surface area contributed by atoms with Crippen LogP contribution in [0.15, 0.2) is 92.3 Å². The van der Waals surface area contributed by atoms with Crippen LogP contribution in [0.25, 0.3) is 44.4 Å². The zero-order valence-corrected chi connectivity index (χ0v) is 44.2. The molecule has 3 aliphatic heterocycles. The number of piperidine rings is 3. The molecule has 2 amide bonds. The molecule has 8 aromatic heterocycles. The van der Waals surface area contributed by atoms with Gasteiger partial charge < -0.3 is 47.5 Å². The number of likely N-dealkylation sites (N-methyl/N-ethyl adjacent to an activating group) is 3. The Hall–Kier alpha value is -7.66. The number of nitrogens with one attached hydrogen (secondary N) is 1. The van der Waals surface area contributed by atoms with E-state index in [9.17, 15) is 9.59 Å². The lowest BCUT2D eigenvalue weighted by atomic mass is 9.92. The third-order valence-electron chi connectivity index (χ3n) is 14.2. The van der Waals surface area contributed by atoms with Crippen molar-refractivity contribution in [3.63, 3.8) is 0 Å². The Morgan fingerprint density at radius 1 is 0.613 bits per heavy atom. The molecule has 11 rings (SSSR count). The smallest absolute Gasteiger partial charge is 0.236 e. The van der Waals surface area contributed by atoms with Crippen molar-refractivity contribution >= 4 is 97.7 Å². The fourth-order valence-electron chi connectivity index (χ4n) is 9.68. The van der Waals surface area contributed by atoms with Crippen LogP contribution in [-0.2, 0) is 9.59 Å². The monoisotopic (exact) mass is 1060 g/mol. The maximum Gasteiger partial charge on any atom is 0.236 e. The number of rotatable bonds is 8. The SMILES string of the molecule is CN[C@H]1CN(C(=O)CC#N)CC[C@H]1C.C[C@@H]1CCN(C(=O)CC#N)C[C@@H]1N(C)c1ncnc2ccoc12.C[C@@H]1CCN(c2ncnc3ccoc23)C[C@@H]1N(C)c1ncnc2ccoc12.Cl.Clc1ncnc2ccoc12. The van der Waals surface area contributed by atoms with Crippen molar-refractivity contribution in [2.24, 2.45) is 17.8 Å². The molecule has 6 atom stereocenters. The number of fused-ring (bicyclic) bond motifs is 4. The number of carbonyl (C=O) groups excluding carboxylic acids is 2. The lowest BCUT2D eigenvalue weighted by Crippen LogP contribution is -2.52. The first-order valence-electron chi connectivity index (χ1n) is 24.5. The number of likely N-dealkylation sites (tertiary alicyclic amines) is 2. The van der Waals surface area contributed by atoms with E-state index in [1.807, 2.05) is 38.4 Å². The van der Waals surface area contributed by atoms with Gasteiger partial charge in [0.05, 0.1) is 49.3 Å². The van der Waals surface area contributed by atoms with Gasteiger partial charge in [-0.15, -0.1) is 12.4 Å². The molecule has 0 aromatic carbocycles. The van der Waals surface area contributed by atoms with Crippen LogP contribution in [0.1, 0.15) is 52.9 Å². The second-order valence-electron chi connectivity index (χ2n) is 18.6. The number of hydrogen-bond acceptors (Lipinski definition) is 20. The molecule has 0 bridgehead atoms. The summed E-state index contributed by atoms with van der Waals surface area (Å²) in [5.74, 6) is 3.75. The molecule has 22 nitrogen and oxygen atoms in total. The lowest BCUT2D eigenvalue weighted by Gasteiger charge is -2.42. The third-order valence-corrected chi connectivity index (χ3v) is 14.4. The van der Waals surface area contributed by atoms with E-state index in [0.717, 1.165) is 96.1 Å². The molecule has 3 fully saturated rings. The van der Waals surface area contributed by atoms with E-state index < -0.39 is 0 Å². The van der Waals surface area contributed by atoms with Gasteiger partial charge in [0.1, 0.15) is 60.2 Å². The van der Waals surface area contributed by atoms with Gasteiger partial charge in [-0.05, 0) is 44.1 Å². The van der Waals surface area contributed by atoms with Crippen LogP contribution in [0.4, 0.5) is 17.5 Å². The molecule has 11 heterocycles. The molecule has 3 saturated heterocycles. The average molecular weight is 1060 g/mol. The number of aromatic nitrogens is 8. The molecule has 75 heavy (non-hydrogen) atoms. The summed E-state index contributed by atoms with van der Waals surface area (Å²) < 4.78 is 21.8. The summed E-state index contributed by atoms with van der Waals surface area (Å²) in [6.07, 6.45) is 15.5. The van der Waals surface area contributed by atoms with Gasteiger partial charge in [0.15, 0.2) is 44.9 Å². The predicted molar refractivity (Wildman–Crippen MR) is 284 cm³/mol. The van der Waals surface area contributed by atoms with Crippen molar-refractivity contribution in [1.82, 2.24) is 55.0 Å². The zero-order valence-electron chi connectivity index (χ0n) is 42.6. The van der Waals surface area contributed by atoms with E-state index in [-0.39, 0.29) is 49.1 Å². The van der Waals surface area contributed by atoms with E-state index in [4.69, 9.17) is 39.8 Å². The van der Waals surface area contributed by atoms with Gasteiger partial charge in [0, 0.05) is 83.7 Å². The van der Waals surface area contributed by atoms with Crippen molar-refractivity contribution in [2.75, 3.05) is 75.1 Å². The first-order valence-corrected chi connectivity index (χ1v) is 24.8. The highest BCUT2D eigenvalue weighted by molar-refractivity contribution is 6.33. The highest BCUT2D eigenvalue weighted by atomic mass is 35.5. The Balaban J connectivity index is 0.000000154. The van der Waals surface area contributed by atoms with Gasteiger partial charge in [-0.1, -0.05) is 32.4 Å². The first kappa shape index (κ1) is 55.1. The largest absolute Gasteiger partial charge is 0.459 e. The molecule has 0 saturated carbocycles. The second-order valence-corrected chi connectivity index (χ2v) is 19.0. The van der Waals surface area contributed by atoms with Crippen LogP contribution in [0, 0.1) is 40.4 Å². The predicted octanol–water partition coefficient (Wildman–Crippen LogP) is 7.57. The maximum atomic E-state index is 12.0. The van der Waals surface area contributed by atoms with Gasteiger partial charge in [-0.25, -0.2) is 39.9 Å². The minimum Gasteiger partial charge on any atom is -0.459 e. The van der Waals surface area contributed by atoms with Gasteiger partial charge >= 0.3 is 0 Å². The Labute approximate surface area is 444 Å². The van der Waals surface area contributed by atoms with Crippen molar-refractivity contribution in [2.45, 2.75) is 71.0 Å². The van der Waals surface area contributed by atoms with Crippen LogP contribution in [0.3, 0.4) is 0 Å². The number of nitrogens with zero attached hydrogens (tertiary/aromatic N) is 15. The molecule has 0 unspecified atom stereocenters. The number of halogens is 2. The number of nitriles is 2. The molecule has 394 valence electrons. The van der Waals surface area contributed by atoms with Crippen molar-refractivity contribution in [3.05, 3.63) is 79.8 Å². The molecule has 3 aliphatic rings. The van der Waals surface area contributed by atoms with Crippen molar-refractivity contribution < 1.29 is 27.3 Å². The Kier molecular flexibility index (Phi) is 18.8. The number of amides is 2. The Bertz CT molecular complexity index is 3240. The van der Waals surface area contributed by atoms with E-state index in [2.05, 4.69) is 87.7 Å². The topological polar surface area (TPSA) is 266 Å². The molecular weight excluding hydrogens is 1000 g/mol. The molecule has 24 heteroatoms. The van der Waals surface area contributed by atoms with E-state index in [0.29, 0.717) is 53.2 Å². The number of anilines is 3. The highest BCUT2D eigenvalue weighted by Crippen LogP contribution is 2.34. The summed E-state index contributed by atoms with van der Waals surface area (Å²) in [4.78, 5) is 67.3. The van der Waals surface area contributed by atoms with Gasteiger partial charge in [-0.2, -0.15) is 10.5 Å².